The monoisotopic (exact) mass is 388 g/mol. The van der Waals surface area contributed by atoms with Crippen molar-refractivity contribution in [1.29, 1.82) is 0 Å². The molecule has 1 aromatic carbocycles. The minimum Gasteiger partial charge on any atom is -0.339 e. The van der Waals surface area contributed by atoms with Gasteiger partial charge in [0.05, 0.1) is 0 Å². The summed E-state index contributed by atoms with van der Waals surface area (Å²) < 4.78 is 27.2. The van der Waals surface area contributed by atoms with Crippen LogP contribution in [0.3, 0.4) is 0 Å². The quantitative estimate of drug-likeness (QED) is 0.626. The Balaban J connectivity index is 1.69. The molecule has 9 heteroatoms. The SMILES string of the molecule is CC(=O)c1ccc(Nc2ccc(NS(=O)(=O)c3ccc(C)s3)nn2)cc1. The third-order valence-corrected chi connectivity index (χ3v) is 6.30. The van der Waals surface area contributed by atoms with Crippen LogP contribution in [-0.4, -0.2) is 24.4 Å². The van der Waals surface area contributed by atoms with Gasteiger partial charge in [-0.1, -0.05) is 0 Å². The number of anilines is 3. The van der Waals surface area contributed by atoms with Crippen molar-refractivity contribution in [2.45, 2.75) is 18.1 Å². The van der Waals surface area contributed by atoms with Crippen LogP contribution in [0.5, 0.6) is 0 Å². The van der Waals surface area contributed by atoms with Gasteiger partial charge in [-0.05, 0) is 62.4 Å². The molecule has 0 bridgehead atoms. The molecule has 2 N–H and O–H groups in total. The molecular formula is C17H16N4O3S2. The van der Waals surface area contributed by atoms with E-state index in [9.17, 15) is 13.2 Å². The fourth-order valence-electron chi connectivity index (χ4n) is 2.13. The van der Waals surface area contributed by atoms with Crippen LogP contribution in [0.4, 0.5) is 17.3 Å². The molecule has 0 unspecified atom stereocenters. The lowest BCUT2D eigenvalue weighted by molar-refractivity contribution is 0.101. The third-order valence-electron chi connectivity index (χ3n) is 3.45. The van der Waals surface area contributed by atoms with Crippen molar-refractivity contribution >= 4 is 44.5 Å². The van der Waals surface area contributed by atoms with Crippen molar-refractivity contribution in [3.05, 3.63) is 59.0 Å². The molecule has 0 aliphatic heterocycles. The molecule has 2 aromatic heterocycles. The van der Waals surface area contributed by atoms with Gasteiger partial charge >= 0.3 is 0 Å². The van der Waals surface area contributed by atoms with Crippen LogP contribution in [0, 0.1) is 6.92 Å². The largest absolute Gasteiger partial charge is 0.339 e. The Labute approximate surface area is 155 Å². The Hall–Kier alpha value is -2.78. The number of hydrogen-bond acceptors (Lipinski definition) is 7. The summed E-state index contributed by atoms with van der Waals surface area (Å²) in [6, 6.07) is 13.4. The maximum Gasteiger partial charge on any atom is 0.272 e. The highest BCUT2D eigenvalue weighted by atomic mass is 32.2. The van der Waals surface area contributed by atoms with Crippen molar-refractivity contribution in [3.63, 3.8) is 0 Å². The molecule has 0 radical (unpaired) electrons. The second kappa shape index (κ2) is 7.22. The van der Waals surface area contributed by atoms with E-state index in [2.05, 4.69) is 20.2 Å². The molecule has 0 aliphatic rings. The average Bonchev–Trinajstić information content (AvgIpc) is 3.04. The molecule has 0 spiro atoms. The van der Waals surface area contributed by atoms with Gasteiger partial charge in [-0.25, -0.2) is 8.42 Å². The van der Waals surface area contributed by atoms with E-state index >= 15 is 0 Å². The summed E-state index contributed by atoms with van der Waals surface area (Å²) in [6.07, 6.45) is 0. The third kappa shape index (κ3) is 4.24. The highest BCUT2D eigenvalue weighted by molar-refractivity contribution is 7.94. The molecule has 0 aliphatic carbocycles. The van der Waals surface area contributed by atoms with Crippen molar-refractivity contribution in [2.24, 2.45) is 0 Å². The summed E-state index contributed by atoms with van der Waals surface area (Å²) >= 11 is 1.19. The number of benzene rings is 1. The van der Waals surface area contributed by atoms with Crippen molar-refractivity contribution in [2.75, 3.05) is 10.0 Å². The number of hydrogen-bond donors (Lipinski definition) is 2. The van der Waals surface area contributed by atoms with E-state index in [-0.39, 0.29) is 15.8 Å². The molecule has 3 rings (SSSR count). The van der Waals surface area contributed by atoms with Gasteiger partial charge in [0.2, 0.25) is 0 Å². The summed E-state index contributed by atoms with van der Waals surface area (Å²) in [7, 11) is -3.66. The second-order valence-corrected chi connectivity index (χ2v) is 8.73. The second-order valence-electron chi connectivity index (χ2n) is 5.53. The first-order valence-corrected chi connectivity index (χ1v) is 9.94. The van der Waals surface area contributed by atoms with Gasteiger partial charge in [0.15, 0.2) is 17.4 Å². The highest BCUT2D eigenvalue weighted by Crippen LogP contribution is 2.23. The maximum absolute atomic E-state index is 12.3. The number of nitrogens with zero attached hydrogens (tertiary/aromatic N) is 2. The van der Waals surface area contributed by atoms with Gasteiger partial charge < -0.3 is 5.32 Å². The van der Waals surface area contributed by atoms with E-state index in [1.165, 1.54) is 24.3 Å². The first kappa shape index (κ1) is 18.0. The van der Waals surface area contributed by atoms with Gasteiger partial charge in [-0.15, -0.1) is 21.5 Å². The van der Waals surface area contributed by atoms with Crippen molar-refractivity contribution in [1.82, 2.24) is 10.2 Å². The maximum atomic E-state index is 12.3. The molecule has 0 saturated carbocycles. The zero-order chi connectivity index (χ0) is 18.7. The average molecular weight is 388 g/mol. The lowest BCUT2D eigenvalue weighted by atomic mass is 10.1. The minimum absolute atomic E-state index is 0.00564. The normalized spacial score (nSPS) is 11.2. The zero-order valence-electron chi connectivity index (χ0n) is 14.1. The van der Waals surface area contributed by atoms with Gasteiger partial charge in [-0.2, -0.15) is 0 Å². The Morgan fingerprint density at radius 3 is 2.15 bits per heavy atom. The van der Waals surface area contributed by atoms with Gasteiger partial charge in [-0.3, -0.25) is 9.52 Å². The molecule has 0 atom stereocenters. The smallest absolute Gasteiger partial charge is 0.272 e. The number of thiophene rings is 1. The molecule has 134 valence electrons. The molecule has 0 amide bonds. The molecule has 0 saturated heterocycles. The summed E-state index contributed by atoms with van der Waals surface area (Å²) in [5, 5.41) is 10.9. The Kier molecular flexibility index (Phi) is 5.01. The minimum atomic E-state index is -3.66. The standard InChI is InChI=1S/C17H16N4O3S2/c1-11-3-10-17(25-11)26(23,24)21-16-9-8-15(19-20-16)18-14-6-4-13(5-7-14)12(2)22/h3-10H,1-2H3,(H,18,19)(H,20,21). The van der Waals surface area contributed by atoms with E-state index in [0.29, 0.717) is 11.4 Å². The number of aryl methyl sites for hydroxylation is 1. The van der Waals surface area contributed by atoms with E-state index in [1.54, 1.807) is 42.5 Å². The summed E-state index contributed by atoms with van der Waals surface area (Å²) in [4.78, 5) is 12.2. The summed E-state index contributed by atoms with van der Waals surface area (Å²) in [5.74, 6) is 0.581. The Morgan fingerprint density at radius 1 is 0.962 bits per heavy atom. The van der Waals surface area contributed by atoms with E-state index in [4.69, 9.17) is 0 Å². The molecule has 7 nitrogen and oxygen atoms in total. The Bertz CT molecular complexity index is 1030. The van der Waals surface area contributed by atoms with Gasteiger partial charge in [0.25, 0.3) is 10.0 Å². The van der Waals surface area contributed by atoms with Crippen LogP contribution in [0.25, 0.3) is 0 Å². The number of carbonyl (C=O) groups is 1. The lowest BCUT2D eigenvalue weighted by Gasteiger charge is -2.07. The topological polar surface area (TPSA) is 101 Å². The van der Waals surface area contributed by atoms with Gasteiger partial charge in [0, 0.05) is 16.1 Å². The first-order chi connectivity index (χ1) is 12.3. The van der Waals surface area contributed by atoms with Crippen molar-refractivity contribution in [3.8, 4) is 0 Å². The number of rotatable bonds is 6. The molecule has 26 heavy (non-hydrogen) atoms. The number of aromatic nitrogens is 2. The van der Waals surface area contributed by atoms with E-state index in [1.807, 2.05) is 6.92 Å². The van der Waals surface area contributed by atoms with Crippen LogP contribution in [0.1, 0.15) is 22.2 Å². The number of Topliss-reactive ketones (excluding diaryl/α,β-unsaturated/α-hetero) is 1. The number of ketones is 1. The first-order valence-electron chi connectivity index (χ1n) is 7.64. The summed E-state index contributed by atoms with van der Waals surface area (Å²) in [5.41, 5.74) is 1.36. The predicted molar refractivity (Wildman–Crippen MR) is 102 cm³/mol. The van der Waals surface area contributed by atoms with Crippen LogP contribution in [0.2, 0.25) is 0 Å². The zero-order valence-corrected chi connectivity index (χ0v) is 15.7. The molecule has 0 fully saturated rings. The van der Waals surface area contributed by atoms with Crippen LogP contribution in [0.15, 0.2) is 52.7 Å². The fourth-order valence-corrected chi connectivity index (χ4v) is 4.41. The molecule has 3 aromatic rings. The highest BCUT2D eigenvalue weighted by Gasteiger charge is 2.17. The summed E-state index contributed by atoms with van der Waals surface area (Å²) in [6.45, 7) is 3.35. The van der Waals surface area contributed by atoms with E-state index in [0.717, 1.165) is 10.6 Å². The van der Waals surface area contributed by atoms with Crippen LogP contribution in [-0.2, 0) is 10.0 Å². The van der Waals surface area contributed by atoms with E-state index < -0.39 is 10.0 Å². The number of nitrogens with one attached hydrogen (secondary N) is 2. The van der Waals surface area contributed by atoms with Crippen LogP contribution < -0.4 is 10.0 Å². The van der Waals surface area contributed by atoms with Crippen LogP contribution >= 0.6 is 11.3 Å². The molecule has 2 heterocycles. The predicted octanol–water partition coefficient (Wildman–Crippen LogP) is 3.59. The Morgan fingerprint density at radius 2 is 1.62 bits per heavy atom. The lowest BCUT2D eigenvalue weighted by Crippen LogP contribution is -2.13. The van der Waals surface area contributed by atoms with Gasteiger partial charge in [0.1, 0.15) is 4.21 Å². The molecular weight excluding hydrogens is 372 g/mol. The fraction of sp³-hybridized carbons (Fsp3) is 0.118. The number of sulfonamides is 1. The number of carbonyl (C=O) groups excluding carboxylic acids is 1. The van der Waals surface area contributed by atoms with Crippen molar-refractivity contribution < 1.29 is 13.2 Å².